The van der Waals surface area contributed by atoms with Gasteiger partial charge >= 0.3 is 0 Å². The SMILES string of the molecule is CC(=C[B]C(C)(C)C(C)C)C(C)C. The zero-order chi connectivity index (χ0) is 10.6. The van der Waals surface area contributed by atoms with Gasteiger partial charge in [0.05, 0.1) is 0 Å². The Kier molecular flexibility index (Phi) is 4.81. The first-order valence-corrected chi connectivity index (χ1v) is 5.30. The normalized spacial score (nSPS) is 14.1. The van der Waals surface area contributed by atoms with Crippen molar-refractivity contribution in [2.24, 2.45) is 11.8 Å². The van der Waals surface area contributed by atoms with E-state index in [0.717, 1.165) is 0 Å². The lowest BCUT2D eigenvalue weighted by Crippen LogP contribution is -2.18. The topological polar surface area (TPSA) is 0 Å². The molecule has 0 fully saturated rings. The van der Waals surface area contributed by atoms with Crippen molar-refractivity contribution in [1.29, 1.82) is 0 Å². The molecule has 0 aliphatic rings. The molecule has 0 unspecified atom stereocenters. The van der Waals surface area contributed by atoms with E-state index in [1.165, 1.54) is 5.57 Å². The molecule has 0 nitrogen and oxygen atoms in total. The molecule has 0 heterocycles. The Balaban J connectivity index is 4.22. The van der Waals surface area contributed by atoms with Gasteiger partial charge in [-0.15, -0.1) is 5.98 Å². The van der Waals surface area contributed by atoms with Gasteiger partial charge in [-0.3, -0.25) is 0 Å². The van der Waals surface area contributed by atoms with Crippen LogP contribution in [0, 0.1) is 11.8 Å². The molecule has 1 heteroatoms. The van der Waals surface area contributed by atoms with Crippen LogP contribution in [-0.2, 0) is 0 Å². The van der Waals surface area contributed by atoms with Crippen molar-refractivity contribution < 1.29 is 0 Å². The van der Waals surface area contributed by atoms with E-state index in [2.05, 4.69) is 61.7 Å². The van der Waals surface area contributed by atoms with Gasteiger partial charge in [0.1, 0.15) is 7.28 Å². The predicted molar refractivity (Wildman–Crippen MR) is 63.2 cm³/mol. The zero-order valence-corrected chi connectivity index (χ0v) is 10.3. The van der Waals surface area contributed by atoms with Gasteiger partial charge in [-0.05, 0) is 18.8 Å². The maximum absolute atomic E-state index is 2.34. The fourth-order valence-corrected chi connectivity index (χ4v) is 0.731. The maximum Gasteiger partial charge on any atom is 0.148 e. The summed E-state index contributed by atoms with van der Waals surface area (Å²) in [6.45, 7) is 15.8. The molecule has 13 heavy (non-hydrogen) atoms. The minimum Gasteiger partial charge on any atom is -0.123 e. The highest BCUT2D eigenvalue weighted by Crippen LogP contribution is 2.33. The van der Waals surface area contributed by atoms with Crippen LogP contribution in [0.5, 0.6) is 0 Å². The van der Waals surface area contributed by atoms with Crippen LogP contribution >= 0.6 is 0 Å². The summed E-state index contributed by atoms with van der Waals surface area (Å²) in [6.07, 6.45) is 0. The van der Waals surface area contributed by atoms with Crippen molar-refractivity contribution in [2.45, 2.75) is 53.8 Å². The van der Waals surface area contributed by atoms with Crippen LogP contribution in [0.4, 0.5) is 0 Å². The smallest absolute Gasteiger partial charge is 0.123 e. The molecular weight excluding hydrogens is 155 g/mol. The number of hydrogen-bond acceptors (Lipinski definition) is 0. The van der Waals surface area contributed by atoms with E-state index in [9.17, 15) is 0 Å². The number of rotatable bonds is 4. The molecule has 0 amide bonds. The van der Waals surface area contributed by atoms with E-state index in [4.69, 9.17) is 0 Å². The third-order valence-corrected chi connectivity index (χ3v) is 3.17. The zero-order valence-electron chi connectivity index (χ0n) is 10.3. The summed E-state index contributed by atoms with van der Waals surface area (Å²) < 4.78 is 0. The van der Waals surface area contributed by atoms with E-state index >= 15 is 0 Å². The highest BCUT2D eigenvalue weighted by molar-refractivity contribution is 6.46. The van der Waals surface area contributed by atoms with Gasteiger partial charge in [-0.2, -0.15) is 0 Å². The van der Waals surface area contributed by atoms with Crippen LogP contribution < -0.4 is 0 Å². The van der Waals surface area contributed by atoms with Crippen molar-refractivity contribution in [1.82, 2.24) is 0 Å². The average molecular weight is 179 g/mol. The molecule has 0 aromatic rings. The molecule has 0 atom stereocenters. The summed E-state index contributed by atoms with van der Waals surface area (Å²) in [4.78, 5) is 0. The molecule has 1 radical (unpaired) electrons. The molecule has 0 saturated heterocycles. The van der Waals surface area contributed by atoms with Gasteiger partial charge < -0.3 is 0 Å². The highest BCUT2D eigenvalue weighted by Gasteiger charge is 2.21. The van der Waals surface area contributed by atoms with Crippen LogP contribution in [0.1, 0.15) is 48.5 Å². The van der Waals surface area contributed by atoms with E-state index in [1.807, 2.05) is 0 Å². The van der Waals surface area contributed by atoms with Crippen molar-refractivity contribution in [2.75, 3.05) is 0 Å². The van der Waals surface area contributed by atoms with Crippen LogP contribution in [0.25, 0.3) is 0 Å². The van der Waals surface area contributed by atoms with Crippen molar-refractivity contribution in [3.05, 3.63) is 11.5 Å². The lowest BCUT2D eigenvalue weighted by molar-refractivity contribution is 0.476. The summed E-state index contributed by atoms with van der Waals surface area (Å²) >= 11 is 0. The lowest BCUT2D eigenvalue weighted by atomic mass is 9.49. The molecule has 0 aliphatic heterocycles. The second kappa shape index (κ2) is 4.88. The van der Waals surface area contributed by atoms with Crippen LogP contribution in [0.2, 0.25) is 5.31 Å². The molecule has 0 spiro atoms. The van der Waals surface area contributed by atoms with Gasteiger partial charge in [-0.1, -0.05) is 52.4 Å². The third kappa shape index (κ3) is 4.54. The molecular formula is C12H24B. The summed E-state index contributed by atoms with van der Waals surface area (Å²) in [5, 5.41) is 0.316. The van der Waals surface area contributed by atoms with E-state index < -0.39 is 0 Å². The van der Waals surface area contributed by atoms with Gasteiger partial charge in [0.15, 0.2) is 0 Å². The Labute approximate surface area is 85.1 Å². The first-order valence-electron chi connectivity index (χ1n) is 5.30. The van der Waals surface area contributed by atoms with Crippen LogP contribution in [0.3, 0.4) is 0 Å². The Morgan fingerprint density at radius 1 is 1.15 bits per heavy atom. The lowest BCUT2D eigenvalue weighted by Gasteiger charge is -2.27. The van der Waals surface area contributed by atoms with Gasteiger partial charge in [-0.25, -0.2) is 0 Å². The predicted octanol–water partition coefficient (Wildman–Crippen LogP) is 4.10. The molecule has 0 aliphatic carbocycles. The van der Waals surface area contributed by atoms with Crippen LogP contribution in [0.15, 0.2) is 11.5 Å². The van der Waals surface area contributed by atoms with Crippen molar-refractivity contribution in [3.8, 4) is 0 Å². The second-order valence-corrected chi connectivity index (χ2v) is 5.21. The van der Waals surface area contributed by atoms with E-state index in [1.54, 1.807) is 0 Å². The standard InChI is InChI=1S/C12H24B/c1-9(2)11(5)8-13-12(6,7)10(3)4/h8-10H,1-7H3. The molecule has 0 N–H and O–H groups in total. The van der Waals surface area contributed by atoms with Gasteiger partial charge in [0, 0.05) is 0 Å². The highest BCUT2D eigenvalue weighted by atomic mass is 14.2. The monoisotopic (exact) mass is 179 g/mol. The Bertz CT molecular complexity index is 176. The summed E-state index contributed by atoms with van der Waals surface area (Å²) in [7, 11) is 2.34. The molecule has 0 bridgehead atoms. The van der Waals surface area contributed by atoms with E-state index in [0.29, 0.717) is 17.2 Å². The molecule has 75 valence electrons. The largest absolute Gasteiger partial charge is 0.148 e. The fourth-order valence-electron chi connectivity index (χ4n) is 0.731. The number of allylic oxidation sites excluding steroid dienone is 1. The Hall–Kier alpha value is -0.195. The molecule has 0 aromatic heterocycles. The minimum absolute atomic E-state index is 0.316. The van der Waals surface area contributed by atoms with E-state index in [-0.39, 0.29) is 0 Å². The molecule has 0 aromatic carbocycles. The Morgan fingerprint density at radius 3 is 1.92 bits per heavy atom. The fraction of sp³-hybridized carbons (Fsp3) is 0.833. The summed E-state index contributed by atoms with van der Waals surface area (Å²) in [5.41, 5.74) is 1.47. The third-order valence-electron chi connectivity index (χ3n) is 3.17. The van der Waals surface area contributed by atoms with Crippen LogP contribution in [-0.4, -0.2) is 7.28 Å². The molecule has 0 rings (SSSR count). The molecule has 0 saturated carbocycles. The van der Waals surface area contributed by atoms with Gasteiger partial charge in [0.2, 0.25) is 0 Å². The van der Waals surface area contributed by atoms with Gasteiger partial charge in [0.25, 0.3) is 0 Å². The second-order valence-electron chi connectivity index (χ2n) is 5.21. The minimum atomic E-state index is 0.316. The summed E-state index contributed by atoms with van der Waals surface area (Å²) in [5.74, 6) is 3.65. The summed E-state index contributed by atoms with van der Waals surface area (Å²) in [6, 6.07) is 0. The maximum atomic E-state index is 2.34. The quantitative estimate of drug-likeness (QED) is 0.570. The van der Waals surface area contributed by atoms with Crippen molar-refractivity contribution >= 4 is 7.28 Å². The first-order chi connectivity index (χ1) is 5.77. The van der Waals surface area contributed by atoms with Crippen molar-refractivity contribution in [3.63, 3.8) is 0 Å². The Morgan fingerprint density at radius 2 is 1.62 bits per heavy atom. The first kappa shape index (κ1) is 12.8. The average Bonchev–Trinajstić information content (AvgIpc) is 1.99. The number of hydrogen-bond donors (Lipinski definition) is 0.